The molecular weight excluding hydrogens is 274 g/mol. The van der Waals surface area contributed by atoms with Gasteiger partial charge in [-0.15, -0.1) is 0 Å². The number of nitrogens with zero attached hydrogens (tertiary/aromatic N) is 2. The van der Waals surface area contributed by atoms with Crippen molar-refractivity contribution in [2.24, 2.45) is 0 Å². The summed E-state index contributed by atoms with van der Waals surface area (Å²) in [6.07, 6.45) is 0. The zero-order valence-corrected chi connectivity index (χ0v) is 11.7. The minimum absolute atomic E-state index is 0.0443. The summed E-state index contributed by atoms with van der Waals surface area (Å²) in [5.74, 6) is -0.0443. The van der Waals surface area contributed by atoms with Gasteiger partial charge in [-0.3, -0.25) is 0 Å². The summed E-state index contributed by atoms with van der Waals surface area (Å²) in [5.41, 5.74) is 0.861. The number of nitrogens with one attached hydrogen (secondary N) is 1. The molecule has 0 amide bonds. The topological polar surface area (TPSA) is 73.2 Å². The van der Waals surface area contributed by atoms with Crippen LogP contribution in [0.5, 0.6) is 0 Å². The normalized spacial score (nSPS) is 11.3. The van der Waals surface area contributed by atoms with Crippen molar-refractivity contribution in [3.63, 3.8) is 0 Å². The first-order valence-electron chi connectivity index (χ1n) is 5.21. The Bertz CT molecular complexity index is 564. The van der Waals surface area contributed by atoms with E-state index in [9.17, 15) is 8.42 Å². The molecule has 1 aromatic carbocycles. The Kier molecular flexibility index (Phi) is 4.96. The Morgan fingerprint density at radius 3 is 2.67 bits per heavy atom. The maximum Gasteiger partial charge on any atom is 0.215 e. The van der Waals surface area contributed by atoms with Crippen LogP contribution in [0.1, 0.15) is 5.56 Å². The highest BCUT2D eigenvalue weighted by atomic mass is 35.5. The summed E-state index contributed by atoms with van der Waals surface area (Å²) in [6.45, 7) is 0.218. The molecule has 0 atom stereocenters. The number of halogens is 1. The average Bonchev–Trinajstić information content (AvgIpc) is 2.29. The van der Waals surface area contributed by atoms with E-state index in [4.69, 9.17) is 16.9 Å². The van der Waals surface area contributed by atoms with E-state index in [1.54, 1.807) is 18.2 Å². The largest absolute Gasteiger partial charge is 0.383 e. The van der Waals surface area contributed by atoms with Gasteiger partial charge in [0, 0.05) is 20.6 Å². The highest BCUT2D eigenvalue weighted by Crippen LogP contribution is 2.22. The average molecular weight is 288 g/mol. The molecule has 18 heavy (non-hydrogen) atoms. The quantitative estimate of drug-likeness (QED) is 0.891. The summed E-state index contributed by atoms with van der Waals surface area (Å²) < 4.78 is 24.2. The van der Waals surface area contributed by atoms with Crippen LogP contribution >= 0.6 is 11.6 Å². The molecule has 0 saturated carbocycles. The maximum absolute atomic E-state index is 11.5. The van der Waals surface area contributed by atoms with E-state index in [2.05, 4.69) is 5.32 Å². The lowest BCUT2D eigenvalue weighted by atomic mass is 10.2. The fraction of sp³-hybridized carbons (Fsp3) is 0.364. The van der Waals surface area contributed by atoms with Gasteiger partial charge in [0.1, 0.15) is 6.07 Å². The molecular formula is C11H14ClN3O2S. The third-order valence-electron chi connectivity index (χ3n) is 2.36. The molecule has 0 aliphatic rings. The summed E-state index contributed by atoms with van der Waals surface area (Å²) in [5, 5.41) is 12.2. The van der Waals surface area contributed by atoms with E-state index >= 15 is 0 Å². The lowest BCUT2D eigenvalue weighted by molar-refractivity contribution is 0.521. The van der Waals surface area contributed by atoms with Crippen LogP contribution in [0.25, 0.3) is 0 Å². The second kappa shape index (κ2) is 6.05. The van der Waals surface area contributed by atoms with Crippen LogP contribution < -0.4 is 5.32 Å². The minimum Gasteiger partial charge on any atom is -0.383 e. The molecule has 0 saturated heterocycles. The van der Waals surface area contributed by atoms with Crippen LogP contribution in [0, 0.1) is 11.3 Å². The number of sulfonamides is 1. The van der Waals surface area contributed by atoms with Crippen molar-refractivity contribution < 1.29 is 8.42 Å². The molecule has 0 radical (unpaired) electrons. The van der Waals surface area contributed by atoms with Gasteiger partial charge < -0.3 is 5.32 Å². The van der Waals surface area contributed by atoms with Crippen molar-refractivity contribution in [3.8, 4) is 6.07 Å². The summed E-state index contributed by atoms with van der Waals surface area (Å²) in [6, 6.07) is 6.98. The molecule has 0 aliphatic carbocycles. The molecule has 5 nitrogen and oxygen atoms in total. The molecule has 1 rings (SSSR count). The summed E-state index contributed by atoms with van der Waals surface area (Å²) in [7, 11) is -0.280. The molecule has 0 bridgehead atoms. The predicted molar refractivity (Wildman–Crippen MR) is 72.1 cm³/mol. The van der Waals surface area contributed by atoms with E-state index in [1.165, 1.54) is 14.1 Å². The monoisotopic (exact) mass is 287 g/mol. The van der Waals surface area contributed by atoms with Crippen molar-refractivity contribution in [1.29, 1.82) is 5.26 Å². The Balaban J connectivity index is 2.72. The Hall–Kier alpha value is -1.29. The first kappa shape index (κ1) is 14.8. The van der Waals surface area contributed by atoms with Gasteiger partial charge in [-0.25, -0.2) is 12.7 Å². The number of hydrogen-bond donors (Lipinski definition) is 1. The Morgan fingerprint density at radius 2 is 2.11 bits per heavy atom. The maximum atomic E-state index is 11.5. The number of rotatable bonds is 5. The van der Waals surface area contributed by atoms with E-state index < -0.39 is 10.0 Å². The number of hydrogen-bond acceptors (Lipinski definition) is 4. The van der Waals surface area contributed by atoms with Crippen LogP contribution in [0.15, 0.2) is 18.2 Å². The second-order valence-corrected chi connectivity index (χ2v) is 6.51. The number of benzene rings is 1. The van der Waals surface area contributed by atoms with Gasteiger partial charge in [0.2, 0.25) is 10.0 Å². The minimum atomic E-state index is -3.24. The van der Waals surface area contributed by atoms with Crippen molar-refractivity contribution in [1.82, 2.24) is 4.31 Å². The van der Waals surface area contributed by atoms with E-state index in [1.807, 2.05) is 6.07 Å². The van der Waals surface area contributed by atoms with Gasteiger partial charge in [0.15, 0.2) is 0 Å². The first-order valence-corrected chi connectivity index (χ1v) is 7.20. The van der Waals surface area contributed by atoms with Crippen LogP contribution in [0.4, 0.5) is 5.69 Å². The van der Waals surface area contributed by atoms with E-state index in [0.717, 1.165) is 4.31 Å². The fourth-order valence-corrected chi connectivity index (χ4v) is 2.22. The van der Waals surface area contributed by atoms with Crippen LogP contribution in [0.3, 0.4) is 0 Å². The molecule has 1 N–H and O–H groups in total. The van der Waals surface area contributed by atoms with Crippen molar-refractivity contribution in [2.45, 2.75) is 0 Å². The highest BCUT2D eigenvalue weighted by Gasteiger charge is 2.13. The zero-order chi connectivity index (χ0) is 13.8. The van der Waals surface area contributed by atoms with Crippen molar-refractivity contribution >= 4 is 27.3 Å². The number of anilines is 1. The lowest BCUT2D eigenvalue weighted by Crippen LogP contribution is -2.28. The van der Waals surface area contributed by atoms with Gasteiger partial charge in [-0.05, 0) is 12.1 Å². The molecule has 0 fully saturated rings. The van der Waals surface area contributed by atoms with Crippen molar-refractivity contribution in [3.05, 3.63) is 28.8 Å². The third kappa shape index (κ3) is 3.60. The fourth-order valence-electron chi connectivity index (χ4n) is 1.28. The molecule has 0 heterocycles. The Labute approximate surface area is 112 Å². The van der Waals surface area contributed by atoms with Crippen LogP contribution in [-0.2, 0) is 10.0 Å². The lowest BCUT2D eigenvalue weighted by Gasteiger charge is -2.13. The van der Waals surface area contributed by atoms with Gasteiger partial charge >= 0.3 is 0 Å². The summed E-state index contributed by atoms with van der Waals surface area (Å²) >= 11 is 5.86. The van der Waals surface area contributed by atoms with Gasteiger partial charge in [-0.2, -0.15) is 5.26 Å². The van der Waals surface area contributed by atoms with Gasteiger partial charge in [-0.1, -0.05) is 17.7 Å². The van der Waals surface area contributed by atoms with E-state index in [-0.39, 0.29) is 12.3 Å². The molecule has 0 unspecified atom stereocenters. The summed E-state index contributed by atoms with van der Waals surface area (Å²) in [4.78, 5) is 0. The van der Waals surface area contributed by atoms with Crippen LogP contribution in [-0.4, -0.2) is 39.1 Å². The van der Waals surface area contributed by atoms with Crippen LogP contribution in [0.2, 0.25) is 5.02 Å². The molecule has 0 aliphatic heterocycles. The highest BCUT2D eigenvalue weighted by molar-refractivity contribution is 7.89. The van der Waals surface area contributed by atoms with Crippen molar-refractivity contribution in [2.75, 3.05) is 31.7 Å². The zero-order valence-electron chi connectivity index (χ0n) is 10.1. The van der Waals surface area contributed by atoms with Gasteiger partial charge in [0.25, 0.3) is 0 Å². The standard InChI is InChI=1S/C11H14ClN3O2S/c1-15(2)18(16,17)7-6-14-11-5-3-4-10(12)9(11)8-13/h3-5,14H,6-7H2,1-2H3. The van der Waals surface area contributed by atoms with Gasteiger partial charge in [0.05, 0.1) is 22.0 Å². The number of nitriles is 1. The first-order chi connectivity index (χ1) is 8.38. The SMILES string of the molecule is CN(C)S(=O)(=O)CCNc1cccc(Cl)c1C#N. The van der Waals surface area contributed by atoms with E-state index in [0.29, 0.717) is 16.3 Å². The Morgan fingerprint density at radius 1 is 1.44 bits per heavy atom. The predicted octanol–water partition coefficient (Wildman–Crippen LogP) is 1.51. The smallest absolute Gasteiger partial charge is 0.215 e. The molecule has 98 valence electrons. The molecule has 0 spiro atoms. The second-order valence-electron chi connectivity index (χ2n) is 3.80. The molecule has 1 aromatic rings. The molecule has 7 heteroatoms. The molecule has 0 aromatic heterocycles. The third-order valence-corrected chi connectivity index (χ3v) is 4.50.